The number of aliphatic hydroxyl groups is 15. The number of carboxylic acid groups (broad SMARTS) is 2. The number of benzene rings is 1. The first-order valence-electron chi connectivity index (χ1n) is 35.1. The number of nitrogens with two attached hydrogens (primary N) is 1. The topological polar surface area (TPSA) is 779 Å². The van der Waals surface area contributed by atoms with Crippen molar-refractivity contribution in [2.45, 2.75) is 213 Å². The van der Waals surface area contributed by atoms with Gasteiger partial charge in [0.1, 0.15) is 85.1 Å². The number of H-pyrrole nitrogens is 1. The Morgan fingerprint density at radius 1 is 0.446 bits per heavy atom. The zero-order valence-electron chi connectivity index (χ0n) is 60.8. The third-order valence-electron chi connectivity index (χ3n) is 16.9. The summed E-state index contributed by atoms with van der Waals surface area (Å²) in [7, 11) is 0. The number of thiol groups is 1. The van der Waals surface area contributed by atoms with Crippen LogP contribution in [0.15, 0.2) is 35.3 Å². The normalized spacial score (nSPS) is 16.6. The third-order valence-corrected chi connectivity index (χ3v) is 17.5. The second-order valence-electron chi connectivity index (χ2n) is 26.1. The van der Waals surface area contributed by atoms with Gasteiger partial charge in [0.15, 0.2) is 11.2 Å². The standard InChI is InChI=1S/C65H102N16O30S/c1-28(72-58(105)30-4-6-31(7-5-30)67-19-32-20-71-57-50(74-32)64(111)81-65(66)80-57)3-13-47(94)75-33(8-14-44(91)68-21-38(85)51(99)54(102)41(88)24-82)60(107)78-36(11-17-48(95)96)63(110)77-35(10-16-46(93)70-23-40(87)53(101)56(104)43(90)26-84)61(108)79-37(12-18-49(97)98)62(109)76-34(59(106)73-29(2)27-112)9-15-45(92)69-22-39(86)52(100)55(103)42(89)25-83/h4-7,20,28-29,33-43,51-56,67,82-90,99-104,112H,3,8-19,21-27H2,1-2H3,(H,68,91)(H,69,92)(H,70,93)(H,72,105)(H,73,106)(H,75,94)(H,76,109)(H,77,110)(H,78,107)(H,79,108)(H,95,96)(H,97,98)(H3,66,71,80,81,111)/t28-,29-,33+,34+,35+,36+,37+,38+,39+,40+,41-,42-,43-,51-,52-,53-,54-,55-,56-/m1/s1. The van der Waals surface area contributed by atoms with Gasteiger partial charge in [-0.3, -0.25) is 67.3 Å². The van der Waals surface area contributed by atoms with E-state index < -0.39 is 302 Å². The monoisotopic (exact) mass is 1620 g/mol. The molecule has 3 aromatic rings. The molecule has 0 fully saturated rings. The number of aliphatic hydroxyl groups excluding tert-OH is 15. The van der Waals surface area contributed by atoms with Crippen LogP contribution in [0, 0.1) is 0 Å². The van der Waals surface area contributed by atoms with Crippen molar-refractivity contribution >= 4 is 106 Å². The van der Waals surface area contributed by atoms with Gasteiger partial charge in [-0.05, 0) is 76.6 Å². The molecular formula is C65H102N16O30S. The first-order valence-corrected chi connectivity index (χ1v) is 35.7. The molecule has 1 aromatic carbocycles. The summed E-state index contributed by atoms with van der Waals surface area (Å²) < 4.78 is 0. The van der Waals surface area contributed by atoms with E-state index in [1.54, 1.807) is 12.1 Å². The Morgan fingerprint density at radius 2 is 0.795 bits per heavy atom. The Balaban J connectivity index is 1.99. The van der Waals surface area contributed by atoms with Crippen LogP contribution in [0.25, 0.3) is 11.2 Å². The number of hydrogen-bond donors (Lipinski definition) is 31. The minimum absolute atomic E-state index is 0.0119. The van der Waals surface area contributed by atoms with Crippen molar-refractivity contribution in [3.8, 4) is 0 Å². The molecule has 628 valence electrons. The Kier molecular flexibility index (Phi) is 42.3. The summed E-state index contributed by atoms with van der Waals surface area (Å²) in [6.07, 6.45) is -31.7. The van der Waals surface area contributed by atoms with E-state index >= 15 is 0 Å². The maximum atomic E-state index is 14.6. The molecule has 2 heterocycles. The molecule has 46 nitrogen and oxygen atoms in total. The van der Waals surface area contributed by atoms with Gasteiger partial charge in [0.25, 0.3) is 11.5 Å². The number of carbonyl (C=O) groups is 12. The van der Waals surface area contributed by atoms with Gasteiger partial charge < -0.3 is 151 Å². The van der Waals surface area contributed by atoms with Gasteiger partial charge in [0.2, 0.25) is 59.1 Å². The van der Waals surface area contributed by atoms with E-state index in [0.717, 1.165) is 0 Å². The van der Waals surface area contributed by atoms with Crippen molar-refractivity contribution in [2.24, 2.45) is 0 Å². The van der Waals surface area contributed by atoms with Gasteiger partial charge in [-0.2, -0.15) is 17.6 Å². The molecule has 19 atom stereocenters. The molecule has 3 rings (SSSR count). The minimum Gasteiger partial charge on any atom is -0.481 e. The molecule has 0 saturated heterocycles. The van der Waals surface area contributed by atoms with E-state index in [9.17, 15) is 144 Å². The highest BCUT2D eigenvalue weighted by molar-refractivity contribution is 7.80. The van der Waals surface area contributed by atoms with Crippen molar-refractivity contribution in [1.29, 1.82) is 0 Å². The molecule has 112 heavy (non-hydrogen) atoms. The second kappa shape index (κ2) is 49.0. The molecule has 0 aliphatic heterocycles. The average Bonchev–Trinajstić information content (AvgIpc) is 0.810. The van der Waals surface area contributed by atoms with Gasteiger partial charge in [0, 0.05) is 87.2 Å². The number of anilines is 2. The van der Waals surface area contributed by atoms with Gasteiger partial charge >= 0.3 is 11.9 Å². The fraction of sp³-hybridized carbons (Fsp3) is 0.631. The van der Waals surface area contributed by atoms with Crippen LogP contribution >= 0.6 is 12.6 Å². The smallest absolute Gasteiger partial charge is 0.303 e. The first-order chi connectivity index (χ1) is 52.7. The summed E-state index contributed by atoms with van der Waals surface area (Å²) in [6.45, 7) is -2.52. The van der Waals surface area contributed by atoms with Crippen LogP contribution in [-0.2, 0) is 59.3 Å². The van der Waals surface area contributed by atoms with Crippen LogP contribution in [0.2, 0.25) is 0 Å². The molecule has 0 spiro atoms. The lowest BCUT2D eigenvalue weighted by atomic mass is 10.0. The molecule has 0 saturated carbocycles. The predicted molar refractivity (Wildman–Crippen MR) is 387 cm³/mol. The van der Waals surface area contributed by atoms with E-state index in [1.807, 2.05) is 0 Å². The highest BCUT2D eigenvalue weighted by Gasteiger charge is 2.37. The fourth-order valence-electron chi connectivity index (χ4n) is 10.1. The number of carbonyl (C=O) groups excluding carboxylic acids is 10. The molecule has 0 aliphatic rings. The summed E-state index contributed by atoms with van der Waals surface area (Å²) >= 11 is 4.12. The Morgan fingerprint density at radius 3 is 1.16 bits per heavy atom. The number of nitrogens with one attached hydrogen (secondary N) is 12. The quantitative estimate of drug-likeness (QED) is 0.0233. The molecule has 31 N–H and O–H groups in total. The second-order valence-corrected chi connectivity index (χ2v) is 26.4. The van der Waals surface area contributed by atoms with Crippen molar-refractivity contribution < 1.29 is 144 Å². The van der Waals surface area contributed by atoms with Gasteiger partial charge in [-0.1, -0.05) is 0 Å². The molecule has 0 unspecified atom stereocenters. The number of rotatable bonds is 53. The Hall–Kier alpha value is -9.57. The fourth-order valence-corrected chi connectivity index (χ4v) is 10.2. The number of fused-ring (bicyclic) bond motifs is 1. The van der Waals surface area contributed by atoms with Crippen molar-refractivity contribution in [3.63, 3.8) is 0 Å². The van der Waals surface area contributed by atoms with Crippen molar-refractivity contribution in [2.75, 3.05) is 56.3 Å². The maximum Gasteiger partial charge on any atom is 0.303 e. The molecule has 0 radical (unpaired) electrons. The SMILES string of the molecule is C[C@H](CCC(=O)N[C@@H](CCC(=O)NC[C@H](O)[C@@H](O)[C@H](O)[C@H](O)CO)C(=O)N[C@@H](CCC(=O)O)C(=O)N[C@@H](CCC(=O)NC[C@H](O)[C@@H](O)[C@H](O)[C@H](O)CO)C(=O)N[C@@H](CCC(=O)O)C(=O)N[C@@H](CCC(=O)NC[C@H](O)[C@@H](O)[C@H](O)[C@H](O)CO)C(=O)N[C@H](C)CS)NC(=O)c1ccc(NCc2cnc3nc(N)[nH]c(=O)c3n2)cc1. The zero-order valence-corrected chi connectivity index (χ0v) is 61.7. The summed E-state index contributed by atoms with van der Waals surface area (Å²) in [6, 6.07) is -5.30. The lowest BCUT2D eigenvalue weighted by Crippen LogP contribution is -2.59. The zero-order chi connectivity index (χ0) is 84.2. The maximum absolute atomic E-state index is 14.6. The Labute approximate surface area is 643 Å². The van der Waals surface area contributed by atoms with Crippen LogP contribution in [0.3, 0.4) is 0 Å². The van der Waals surface area contributed by atoms with Crippen molar-refractivity contribution in [1.82, 2.24) is 73.1 Å². The molecular weight excluding hydrogens is 1520 g/mol. The lowest BCUT2D eigenvalue weighted by Gasteiger charge is -2.28. The number of carboxylic acids is 2. The molecule has 0 aliphatic carbocycles. The van der Waals surface area contributed by atoms with E-state index in [-0.39, 0.29) is 41.4 Å². The first kappa shape index (κ1) is 96.6. The van der Waals surface area contributed by atoms with Gasteiger partial charge in [-0.25, -0.2) is 9.97 Å². The Bertz CT molecular complexity index is 3650. The number of nitrogen functional groups attached to an aromatic ring is 1. The van der Waals surface area contributed by atoms with Crippen LogP contribution in [0.5, 0.6) is 0 Å². The minimum atomic E-state index is -2.19. The van der Waals surface area contributed by atoms with E-state index in [4.69, 9.17) is 10.8 Å². The van der Waals surface area contributed by atoms with Crippen molar-refractivity contribution in [3.05, 3.63) is 52.1 Å². The van der Waals surface area contributed by atoms with Crippen LogP contribution in [0.1, 0.15) is 107 Å². The largest absolute Gasteiger partial charge is 0.481 e. The number of nitrogens with zero attached hydrogens (tertiary/aromatic N) is 3. The number of aromatic nitrogens is 4. The van der Waals surface area contributed by atoms with Crippen LogP contribution in [0.4, 0.5) is 11.6 Å². The van der Waals surface area contributed by atoms with Gasteiger partial charge in [0.05, 0.1) is 56.6 Å². The highest BCUT2D eigenvalue weighted by atomic mass is 32.1. The predicted octanol–water partition coefficient (Wildman–Crippen LogP) is -12.6. The summed E-state index contributed by atoms with van der Waals surface area (Å²) in [5.74, 6) is -14.5. The average molecular weight is 1620 g/mol. The number of aliphatic carboxylic acids is 2. The van der Waals surface area contributed by atoms with Crippen LogP contribution < -0.4 is 69.8 Å². The third kappa shape index (κ3) is 33.8. The molecule has 47 heteroatoms. The number of hydrogen-bond acceptors (Lipinski definition) is 34. The van der Waals surface area contributed by atoms with E-state index in [2.05, 4.69) is 91.0 Å². The molecule has 10 amide bonds. The highest BCUT2D eigenvalue weighted by Crippen LogP contribution is 2.16. The van der Waals surface area contributed by atoms with E-state index in [0.29, 0.717) is 11.4 Å². The molecule has 2 aromatic heterocycles. The summed E-state index contributed by atoms with van der Waals surface area (Å²) in [4.78, 5) is 190. The molecule has 0 bridgehead atoms. The summed E-state index contributed by atoms with van der Waals surface area (Å²) in [5, 5.41) is 195. The van der Waals surface area contributed by atoms with Gasteiger partial charge in [-0.15, -0.1) is 0 Å². The number of amides is 10. The lowest BCUT2D eigenvalue weighted by molar-refractivity contribution is -0.139. The number of aromatic amines is 1. The summed E-state index contributed by atoms with van der Waals surface area (Å²) in [5.41, 5.74) is 5.99. The van der Waals surface area contributed by atoms with E-state index in [1.165, 1.54) is 32.2 Å². The van der Waals surface area contributed by atoms with Crippen LogP contribution in [-0.4, -0.2) is 339 Å².